The van der Waals surface area contributed by atoms with Gasteiger partial charge in [0.15, 0.2) is 11.5 Å². The van der Waals surface area contributed by atoms with E-state index in [1.54, 1.807) is 48.5 Å². The molecule has 8 nitrogen and oxygen atoms in total. The van der Waals surface area contributed by atoms with Crippen LogP contribution in [0.2, 0.25) is 0 Å². The van der Waals surface area contributed by atoms with E-state index in [9.17, 15) is 13.2 Å². The molecule has 0 unspecified atom stereocenters. The van der Waals surface area contributed by atoms with Gasteiger partial charge in [-0.15, -0.1) is 0 Å². The number of benzene rings is 4. The van der Waals surface area contributed by atoms with E-state index in [4.69, 9.17) is 13.9 Å². The van der Waals surface area contributed by atoms with E-state index in [0.29, 0.717) is 39.6 Å². The van der Waals surface area contributed by atoms with Crippen LogP contribution in [-0.4, -0.2) is 34.8 Å². The Balaban J connectivity index is 1.33. The summed E-state index contributed by atoms with van der Waals surface area (Å²) in [6.07, 6.45) is 1.14. The third-order valence-electron chi connectivity index (χ3n) is 6.23. The predicted octanol–water partition coefficient (Wildman–Crippen LogP) is 5.82. The zero-order valence-electron chi connectivity index (χ0n) is 21.1. The maximum atomic E-state index is 12.9. The van der Waals surface area contributed by atoms with E-state index >= 15 is 0 Å². The molecule has 0 aliphatic carbocycles. The molecule has 194 valence electrons. The minimum atomic E-state index is -3.61. The van der Waals surface area contributed by atoms with E-state index in [1.807, 2.05) is 36.4 Å². The van der Waals surface area contributed by atoms with Gasteiger partial charge in [-0.25, -0.2) is 8.42 Å². The third-order valence-corrected chi connectivity index (χ3v) is 7.37. The van der Waals surface area contributed by atoms with Crippen LogP contribution in [0.15, 0.2) is 89.3 Å². The number of fused-ring (bicyclic) bond motifs is 3. The van der Waals surface area contributed by atoms with Crippen LogP contribution in [0.25, 0.3) is 21.9 Å². The van der Waals surface area contributed by atoms with Crippen molar-refractivity contribution in [1.29, 1.82) is 0 Å². The molecule has 0 atom stereocenters. The van der Waals surface area contributed by atoms with Gasteiger partial charge in [0, 0.05) is 34.2 Å². The van der Waals surface area contributed by atoms with Gasteiger partial charge in [0.25, 0.3) is 5.91 Å². The summed E-state index contributed by atoms with van der Waals surface area (Å²) >= 11 is 0. The molecule has 0 aliphatic heterocycles. The van der Waals surface area contributed by atoms with Crippen molar-refractivity contribution in [3.05, 3.63) is 96.1 Å². The number of furan rings is 1. The van der Waals surface area contributed by atoms with Gasteiger partial charge in [0.1, 0.15) is 11.2 Å². The smallest absolute Gasteiger partial charge is 0.255 e. The van der Waals surface area contributed by atoms with Crippen LogP contribution in [-0.2, 0) is 16.6 Å². The Kier molecular flexibility index (Phi) is 6.69. The Morgan fingerprint density at radius 1 is 0.842 bits per heavy atom. The summed E-state index contributed by atoms with van der Waals surface area (Å²) in [4.78, 5) is 12.9. The van der Waals surface area contributed by atoms with E-state index in [1.165, 1.54) is 18.5 Å². The summed E-state index contributed by atoms with van der Waals surface area (Å²) in [6, 6.07) is 25.1. The van der Waals surface area contributed by atoms with Crippen LogP contribution in [0.1, 0.15) is 15.9 Å². The van der Waals surface area contributed by atoms with Gasteiger partial charge in [-0.3, -0.25) is 9.10 Å². The molecule has 0 saturated carbocycles. The van der Waals surface area contributed by atoms with Gasteiger partial charge in [0.05, 0.1) is 32.7 Å². The highest BCUT2D eigenvalue weighted by Crippen LogP contribution is 2.33. The van der Waals surface area contributed by atoms with E-state index in [-0.39, 0.29) is 12.5 Å². The number of ether oxygens (including phenoxy) is 2. The molecule has 0 fully saturated rings. The molecule has 1 aromatic heterocycles. The fourth-order valence-corrected chi connectivity index (χ4v) is 5.19. The van der Waals surface area contributed by atoms with Crippen molar-refractivity contribution in [3.63, 3.8) is 0 Å². The van der Waals surface area contributed by atoms with Crippen molar-refractivity contribution < 1.29 is 27.1 Å². The fourth-order valence-electron chi connectivity index (χ4n) is 4.31. The van der Waals surface area contributed by atoms with Crippen LogP contribution in [0, 0.1) is 0 Å². The number of hydrogen-bond acceptors (Lipinski definition) is 6. The standard InChI is InChI=1S/C29H26N2O6S/c1-35-26-15-13-22(17-28(26)36-2)31(38(3,33)34)18-19-8-10-20(11-9-19)29(32)30-21-12-14-24-23-6-4-5-7-25(23)37-27(24)16-21/h4-17H,18H2,1-3H3,(H,30,32). The topological polar surface area (TPSA) is 98.1 Å². The van der Waals surface area contributed by atoms with Gasteiger partial charge in [-0.1, -0.05) is 30.3 Å². The summed E-state index contributed by atoms with van der Waals surface area (Å²) in [7, 11) is -0.601. The average molecular weight is 531 g/mol. The Labute approximate surface area is 220 Å². The molecule has 0 bridgehead atoms. The Morgan fingerprint density at radius 2 is 1.55 bits per heavy atom. The molecule has 9 heteroatoms. The largest absolute Gasteiger partial charge is 0.493 e. The SMILES string of the molecule is COc1ccc(N(Cc2ccc(C(=O)Nc3ccc4c(c3)oc3ccccc34)cc2)S(C)(=O)=O)cc1OC. The zero-order valence-corrected chi connectivity index (χ0v) is 21.9. The van der Waals surface area contributed by atoms with Gasteiger partial charge in [-0.05, 0) is 48.0 Å². The first-order valence-electron chi connectivity index (χ1n) is 11.8. The Bertz CT molecular complexity index is 1740. The molecule has 5 aromatic rings. The summed E-state index contributed by atoms with van der Waals surface area (Å²) in [5.41, 5.74) is 3.68. The number of anilines is 2. The zero-order chi connectivity index (χ0) is 26.9. The van der Waals surface area contributed by atoms with E-state index in [0.717, 1.165) is 22.6 Å². The lowest BCUT2D eigenvalue weighted by Crippen LogP contribution is -2.29. The molecule has 1 heterocycles. The van der Waals surface area contributed by atoms with E-state index in [2.05, 4.69) is 5.32 Å². The van der Waals surface area contributed by atoms with Gasteiger partial charge >= 0.3 is 0 Å². The first kappa shape index (κ1) is 25.2. The monoisotopic (exact) mass is 530 g/mol. The number of nitrogens with zero attached hydrogens (tertiary/aromatic N) is 1. The van der Waals surface area contributed by atoms with Crippen LogP contribution in [0.3, 0.4) is 0 Å². The lowest BCUT2D eigenvalue weighted by atomic mass is 10.1. The molecule has 1 N–H and O–H groups in total. The highest BCUT2D eigenvalue weighted by molar-refractivity contribution is 7.92. The maximum absolute atomic E-state index is 12.9. The highest BCUT2D eigenvalue weighted by Gasteiger charge is 2.20. The summed E-state index contributed by atoms with van der Waals surface area (Å²) in [6.45, 7) is 0.0823. The van der Waals surface area contributed by atoms with Crippen molar-refractivity contribution in [2.75, 3.05) is 30.1 Å². The highest BCUT2D eigenvalue weighted by atomic mass is 32.2. The van der Waals surface area contributed by atoms with Crippen molar-refractivity contribution in [3.8, 4) is 11.5 Å². The number of para-hydroxylation sites is 1. The summed E-state index contributed by atoms with van der Waals surface area (Å²) in [5.74, 6) is 0.637. The first-order chi connectivity index (χ1) is 18.3. The lowest BCUT2D eigenvalue weighted by molar-refractivity contribution is 0.102. The molecule has 0 radical (unpaired) electrons. The molecule has 38 heavy (non-hydrogen) atoms. The Hall–Kier alpha value is -4.50. The van der Waals surface area contributed by atoms with Gasteiger partial charge in [0.2, 0.25) is 10.0 Å². The second kappa shape index (κ2) is 10.1. The number of hydrogen-bond donors (Lipinski definition) is 1. The third kappa shape index (κ3) is 5.01. The number of sulfonamides is 1. The van der Waals surface area contributed by atoms with Crippen molar-refractivity contribution >= 4 is 49.2 Å². The number of amides is 1. The van der Waals surface area contributed by atoms with Crippen molar-refractivity contribution in [2.24, 2.45) is 0 Å². The molecule has 1 amide bonds. The first-order valence-corrected chi connectivity index (χ1v) is 13.6. The molecule has 0 spiro atoms. The summed E-state index contributed by atoms with van der Waals surface area (Å²) in [5, 5.41) is 4.90. The average Bonchev–Trinajstić information content (AvgIpc) is 3.28. The number of rotatable bonds is 8. The molecule has 4 aromatic carbocycles. The number of methoxy groups -OCH3 is 2. The second-order valence-corrected chi connectivity index (χ2v) is 10.7. The normalized spacial score (nSPS) is 11.4. The predicted molar refractivity (Wildman–Crippen MR) is 149 cm³/mol. The fraction of sp³-hybridized carbons (Fsp3) is 0.138. The molecule has 0 saturated heterocycles. The molecule has 5 rings (SSSR count). The van der Waals surface area contributed by atoms with Crippen molar-refractivity contribution in [1.82, 2.24) is 0 Å². The van der Waals surface area contributed by atoms with Crippen LogP contribution in [0.5, 0.6) is 11.5 Å². The van der Waals surface area contributed by atoms with Crippen LogP contribution >= 0.6 is 0 Å². The minimum Gasteiger partial charge on any atom is -0.493 e. The Morgan fingerprint density at radius 3 is 2.26 bits per heavy atom. The van der Waals surface area contributed by atoms with Gasteiger partial charge in [-0.2, -0.15) is 0 Å². The van der Waals surface area contributed by atoms with Crippen molar-refractivity contribution in [2.45, 2.75) is 6.54 Å². The number of nitrogens with one attached hydrogen (secondary N) is 1. The molecular weight excluding hydrogens is 504 g/mol. The lowest BCUT2D eigenvalue weighted by Gasteiger charge is -2.23. The van der Waals surface area contributed by atoms with Gasteiger partial charge < -0.3 is 19.2 Å². The number of carbonyl (C=O) groups excluding carboxylic acids is 1. The minimum absolute atomic E-state index is 0.0823. The molecule has 0 aliphatic rings. The number of carbonyl (C=O) groups is 1. The maximum Gasteiger partial charge on any atom is 0.255 e. The molecular formula is C29H26N2O6S. The second-order valence-electron chi connectivity index (χ2n) is 8.77. The van der Waals surface area contributed by atoms with Crippen LogP contribution < -0.4 is 19.1 Å². The quantitative estimate of drug-likeness (QED) is 0.271. The summed E-state index contributed by atoms with van der Waals surface area (Å²) < 4.78 is 43.0. The van der Waals surface area contributed by atoms with E-state index < -0.39 is 10.0 Å². The van der Waals surface area contributed by atoms with Crippen LogP contribution in [0.4, 0.5) is 11.4 Å².